The van der Waals surface area contributed by atoms with Gasteiger partial charge in [-0.25, -0.2) is 4.39 Å². The van der Waals surface area contributed by atoms with Crippen LogP contribution in [0, 0.1) is 12.7 Å². The van der Waals surface area contributed by atoms with Gasteiger partial charge in [-0.15, -0.1) is 6.58 Å². The van der Waals surface area contributed by atoms with Gasteiger partial charge in [0.1, 0.15) is 5.82 Å². The van der Waals surface area contributed by atoms with Gasteiger partial charge in [0, 0.05) is 6.42 Å². The maximum atomic E-state index is 13.1. The Kier molecular flexibility index (Phi) is 2.96. The number of rotatable bonds is 3. The number of carbonyl (C=O) groups is 1. The molecule has 0 aliphatic rings. The first kappa shape index (κ1) is 9.65. The summed E-state index contributed by atoms with van der Waals surface area (Å²) in [6, 6.07) is 4.51. The van der Waals surface area contributed by atoms with Crippen LogP contribution in [0.3, 0.4) is 0 Å². The monoisotopic (exact) mass is 178 g/mol. The molecule has 1 aromatic carbocycles. The van der Waals surface area contributed by atoms with Crippen molar-refractivity contribution in [3.05, 3.63) is 47.8 Å². The van der Waals surface area contributed by atoms with Gasteiger partial charge in [0.25, 0.3) is 0 Å². The van der Waals surface area contributed by atoms with Crippen molar-refractivity contribution in [2.45, 2.75) is 13.3 Å². The van der Waals surface area contributed by atoms with E-state index in [4.69, 9.17) is 0 Å². The van der Waals surface area contributed by atoms with Crippen LogP contribution in [0.2, 0.25) is 0 Å². The van der Waals surface area contributed by atoms with Crippen LogP contribution < -0.4 is 0 Å². The van der Waals surface area contributed by atoms with Gasteiger partial charge in [-0.05, 0) is 19.1 Å². The van der Waals surface area contributed by atoms with Gasteiger partial charge in [0.15, 0.2) is 5.78 Å². The van der Waals surface area contributed by atoms with Crippen molar-refractivity contribution in [1.29, 1.82) is 0 Å². The second-order valence-electron chi connectivity index (χ2n) is 2.90. The normalized spacial score (nSPS) is 9.69. The first-order valence-corrected chi connectivity index (χ1v) is 4.05. The summed E-state index contributed by atoms with van der Waals surface area (Å²) in [5, 5.41) is 0. The molecule has 0 radical (unpaired) electrons. The number of Topliss-reactive ketones (excluding diaryl/α,β-unsaturated/α-hetero) is 1. The van der Waals surface area contributed by atoms with Crippen LogP contribution in [-0.4, -0.2) is 5.78 Å². The second kappa shape index (κ2) is 3.99. The van der Waals surface area contributed by atoms with Crippen LogP contribution in [0.15, 0.2) is 30.9 Å². The van der Waals surface area contributed by atoms with Crippen molar-refractivity contribution in [1.82, 2.24) is 0 Å². The maximum Gasteiger partial charge on any atom is 0.169 e. The predicted octanol–water partition coefficient (Wildman–Crippen LogP) is 2.89. The molecule has 1 rings (SSSR count). The fourth-order valence-corrected chi connectivity index (χ4v) is 1.09. The molecule has 13 heavy (non-hydrogen) atoms. The lowest BCUT2D eigenvalue weighted by Crippen LogP contribution is -2.01. The zero-order valence-corrected chi connectivity index (χ0v) is 7.51. The summed E-state index contributed by atoms with van der Waals surface area (Å²) >= 11 is 0. The van der Waals surface area contributed by atoms with Gasteiger partial charge < -0.3 is 0 Å². The molecule has 0 unspecified atom stereocenters. The van der Waals surface area contributed by atoms with Gasteiger partial charge in [0.2, 0.25) is 0 Å². The Balaban J connectivity index is 3.05. The van der Waals surface area contributed by atoms with Gasteiger partial charge in [-0.2, -0.15) is 0 Å². The highest BCUT2D eigenvalue weighted by molar-refractivity contribution is 5.97. The number of hydrogen-bond acceptors (Lipinski definition) is 1. The molecule has 0 spiro atoms. The van der Waals surface area contributed by atoms with E-state index in [0.29, 0.717) is 0 Å². The Morgan fingerprint density at radius 1 is 1.62 bits per heavy atom. The van der Waals surface area contributed by atoms with E-state index in [1.54, 1.807) is 12.1 Å². The van der Waals surface area contributed by atoms with Gasteiger partial charge in [-0.3, -0.25) is 4.79 Å². The Labute approximate surface area is 76.9 Å². The number of allylic oxidation sites excluding steroid dienone is 1. The SMILES string of the molecule is C=CCC(=O)c1cc(C)ccc1F. The number of benzene rings is 1. The second-order valence-corrected chi connectivity index (χ2v) is 2.90. The van der Waals surface area contributed by atoms with Crippen molar-refractivity contribution in [3.8, 4) is 0 Å². The zero-order chi connectivity index (χ0) is 9.84. The minimum Gasteiger partial charge on any atom is -0.294 e. The topological polar surface area (TPSA) is 17.1 Å². The molecule has 0 atom stereocenters. The summed E-state index contributed by atoms with van der Waals surface area (Å²) in [4.78, 5) is 11.3. The van der Waals surface area contributed by atoms with Gasteiger partial charge >= 0.3 is 0 Å². The van der Waals surface area contributed by atoms with E-state index in [0.717, 1.165) is 5.56 Å². The summed E-state index contributed by atoms with van der Waals surface area (Å²) in [5.41, 5.74) is 1.04. The molecule has 68 valence electrons. The Morgan fingerprint density at radius 2 is 2.31 bits per heavy atom. The third-order valence-corrected chi connectivity index (χ3v) is 1.75. The van der Waals surface area contributed by atoms with E-state index < -0.39 is 5.82 Å². The largest absolute Gasteiger partial charge is 0.294 e. The fraction of sp³-hybridized carbons (Fsp3) is 0.182. The van der Waals surface area contributed by atoms with E-state index in [1.807, 2.05) is 6.92 Å². The molecule has 0 aliphatic carbocycles. The molecule has 0 saturated heterocycles. The molecule has 0 heterocycles. The van der Waals surface area contributed by atoms with Crippen molar-refractivity contribution in [2.75, 3.05) is 0 Å². The zero-order valence-electron chi connectivity index (χ0n) is 7.51. The van der Waals surface area contributed by atoms with Crippen molar-refractivity contribution in [2.24, 2.45) is 0 Å². The number of halogens is 1. The van der Waals surface area contributed by atoms with E-state index in [2.05, 4.69) is 6.58 Å². The average molecular weight is 178 g/mol. The Bertz CT molecular complexity index is 342. The Hall–Kier alpha value is -1.44. The summed E-state index contributed by atoms with van der Waals surface area (Å²) in [7, 11) is 0. The van der Waals surface area contributed by atoms with E-state index in [-0.39, 0.29) is 17.8 Å². The molecule has 2 heteroatoms. The summed E-state index contributed by atoms with van der Waals surface area (Å²) in [5.74, 6) is -0.686. The highest BCUT2D eigenvalue weighted by Gasteiger charge is 2.09. The standard InChI is InChI=1S/C11H11FO/c1-3-4-11(13)9-7-8(2)5-6-10(9)12/h3,5-7H,1,4H2,2H3. The van der Waals surface area contributed by atoms with Crippen LogP contribution >= 0.6 is 0 Å². The predicted molar refractivity (Wildman–Crippen MR) is 50.3 cm³/mol. The van der Waals surface area contributed by atoms with E-state index >= 15 is 0 Å². The van der Waals surface area contributed by atoms with E-state index in [9.17, 15) is 9.18 Å². The highest BCUT2D eigenvalue weighted by Crippen LogP contribution is 2.12. The molecule has 0 fully saturated rings. The van der Waals surface area contributed by atoms with Crippen molar-refractivity contribution < 1.29 is 9.18 Å². The molecule has 0 aromatic heterocycles. The summed E-state index contributed by atoms with van der Waals surface area (Å²) in [6.45, 7) is 5.26. The lowest BCUT2D eigenvalue weighted by molar-refractivity contribution is 0.0992. The van der Waals surface area contributed by atoms with Crippen molar-refractivity contribution >= 4 is 5.78 Å². The first-order valence-electron chi connectivity index (χ1n) is 4.05. The minimum atomic E-state index is -0.461. The fourth-order valence-electron chi connectivity index (χ4n) is 1.09. The molecular weight excluding hydrogens is 167 g/mol. The number of hydrogen-bond donors (Lipinski definition) is 0. The molecule has 0 N–H and O–H groups in total. The molecule has 0 aliphatic heterocycles. The number of carbonyl (C=O) groups excluding carboxylic acids is 1. The van der Waals surface area contributed by atoms with E-state index in [1.165, 1.54) is 12.1 Å². The van der Waals surface area contributed by atoms with Crippen LogP contribution in [0.1, 0.15) is 22.3 Å². The van der Waals surface area contributed by atoms with Gasteiger partial charge in [-0.1, -0.05) is 17.7 Å². The van der Waals surface area contributed by atoms with Crippen LogP contribution in [-0.2, 0) is 0 Å². The quantitative estimate of drug-likeness (QED) is 0.513. The lowest BCUT2D eigenvalue weighted by Gasteiger charge is -2.01. The molecule has 1 nitrogen and oxygen atoms in total. The lowest BCUT2D eigenvalue weighted by atomic mass is 10.1. The average Bonchev–Trinajstić information content (AvgIpc) is 2.09. The van der Waals surface area contributed by atoms with Crippen LogP contribution in [0.5, 0.6) is 0 Å². The molecule has 0 amide bonds. The van der Waals surface area contributed by atoms with Crippen LogP contribution in [0.4, 0.5) is 4.39 Å². The maximum absolute atomic E-state index is 13.1. The molecule has 0 bridgehead atoms. The molecule has 1 aromatic rings. The van der Waals surface area contributed by atoms with Crippen molar-refractivity contribution in [3.63, 3.8) is 0 Å². The Morgan fingerprint density at radius 3 is 2.92 bits per heavy atom. The smallest absolute Gasteiger partial charge is 0.169 e. The summed E-state index contributed by atoms with van der Waals surface area (Å²) in [6.07, 6.45) is 1.66. The first-order chi connectivity index (χ1) is 6.15. The summed E-state index contributed by atoms with van der Waals surface area (Å²) < 4.78 is 13.1. The number of aryl methyl sites for hydroxylation is 1. The third kappa shape index (κ3) is 2.25. The van der Waals surface area contributed by atoms with Crippen LogP contribution in [0.25, 0.3) is 0 Å². The molecule has 0 saturated carbocycles. The minimum absolute atomic E-state index is 0.153. The highest BCUT2D eigenvalue weighted by atomic mass is 19.1. The van der Waals surface area contributed by atoms with Gasteiger partial charge in [0.05, 0.1) is 5.56 Å². The third-order valence-electron chi connectivity index (χ3n) is 1.75. The molecular formula is C11H11FO. The number of ketones is 1.